The summed E-state index contributed by atoms with van der Waals surface area (Å²) in [6.07, 6.45) is 2.96. The van der Waals surface area contributed by atoms with E-state index in [-0.39, 0.29) is 22.7 Å². The Morgan fingerprint density at radius 2 is 2.10 bits per heavy atom. The van der Waals surface area contributed by atoms with E-state index in [0.717, 1.165) is 37.5 Å². The summed E-state index contributed by atoms with van der Waals surface area (Å²) in [4.78, 5) is 22.8. The average Bonchev–Trinajstić information content (AvgIpc) is 2.71. The Morgan fingerprint density at radius 3 is 2.67 bits per heavy atom. The third kappa shape index (κ3) is 3.51. The highest BCUT2D eigenvalue weighted by atomic mass is 19.1. The second-order valence-corrected chi connectivity index (χ2v) is 6.03. The monoisotopic (exact) mass is 294 g/mol. The molecule has 1 saturated carbocycles. The zero-order valence-corrected chi connectivity index (χ0v) is 12.1. The van der Waals surface area contributed by atoms with E-state index in [1.165, 1.54) is 0 Å². The van der Waals surface area contributed by atoms with E-state index in [0.29, 0.717) is 0 Å². The number of urea groups is 1. The fourth-order valence-electron chi connectivity index (χ4n) is 2.67. The SMILES string of the molecule is CC1(C)CCCC1NC(=O)Nc1cc(C(=O)O)ccc1F. The molecule has 2 rings (SSSR count). The lowest BCUT2D eigenvalue weighted by molar-refractivity contribution is 0.0697. The van der Waals surface area contributed by atoms with E-state index in [1.807, 2.05) is 0 Å². The van der Waals surface area contributed by atoms with E-state index in [4.69, 9.17) is 5.11 Å². The maximum Gasteiger partial charge on any atom is 0.335 e. The Labute approximate surface area is 122 Å². The van der Waals surface area contributed by atoms with E-state index >= 15 is 0 Å². The van der Waals surface area contributed by atoms with Crippen LogP contribution in [0.25, 0.3) is 0 Å². The number of aromatic carboxylic acids is 1. The highest BCUT2D eigenvalue weighted by Gasteiger charge is 2.35. The number of nitrogens with one attached hydrogen (secondary N) is 2. The summed E-state index contributed by atoms with van der Waals surface area (Å²) in [6.45, 7) is 4.16. The van der Waals surface area contributed by atoms with E-state index in [2.05, 4.69) is 24.5 Å². The zero-order valence-electron chi connectivity index (χ0n) is 12.1. The van der Waals surface area contributed by atoms with Gasteiger partial charge in [-0.3, -0.25) is 0 Å². The Kier molecular flexibility index (Phi) is 4.16. The summed E-state index contributed by atoms with van der Waals surface area (Å²) in [5, 5.41) is 14.1. The van der Waals surface area contributed by atoms with Gasteiger partial charge in [-0.25, -0.2) is 14.0 Å². The molecule has 1 atom stereocenters. The third-order valence-electron chi connectivity index (χ3n) is 4.02. The van der Waals surface area contributed by atoms with Crippen LogP contribution in [0.5, 0.6) is 0 Å². The van der Waals surface area contributed by atoms with Crippen molar-refractivity contribution in [2.45, 2.75) is 39.2 Å². The molecule has 0 spiro atoms. The van der Waals surface area contributed by atoms with Crippen LogP contribution in [0.1, 0.15) is 43.5 Å². The molecule has 1 aromatic rings. The lowest BCUT2D eigenvalue weighted by Crippen LogP contribution is -2.43. The summed E-state index contributed by atoms with van der Waals surface area (Å²) in [5.41, 5.74) is -0.199. The molecule has 3 N–H and O–H groups in total. The van der Waals surface area contributed by atoms with Crippen LogP contribution in [0, 0.1) is 11.2 Å². The van der Waals surface area contributed by atoms with Crippen LogP contribution in [0.2, 0.25) is 0 Å². The van der Waals surface area contributed by atoms with Crippen LogP contribution in [-0.2, 0) is 0 Å². The molecule has 0 bridgehead atoms. The number of carboxylic acids is 1. The van der Waals surface area contributed by atoms with Crippen molar-refractivity contribution in [3.63, 3.8) is 0 Å². The number of hydrogen-bond acceptors (Lipinski definition) is 2. The van der Waals surface area contributed by atoms with Gasteiger partial charge in [-0.05, 0) is 36.5 Å². The topological polar surface area (TPSA) is 78.4 Å². The molecule has 0 saturated heterocycles. The minimum absolute atomic E-state index is 0.0127. The molecular weight excluding hydrogens is 275 g/mol. The van der Waals surface area contributed by atoms with Crippen LogP contribution < -0.4 is 10.6 Å². The maximum absolute atomic E-state index is 13.6. The van der Waals surface area contributed by atoms with Crippen LogP contribution in [0.15, 0.2) is 18.2 Å². The molecular formula is C15H19FN2O3. The van der Waals surface area contributed by atoms with Gasteiger partial charge in [0.1, 0.15) is 5.82 Å². The first-order valence-corrected chi connectivity index (χ1v) is 6.90. The fourth-order valence-corrected chi connectivity index (χ4v) is 2.67. The van der Waals surface area contributed by atoms with Gasteiger partial charge in [0.15, 0.2) is 0 Å². The predicted octanol–water partition coefficient (Wildman–Crippen LogP) is 3.22. The van der Waals surface area contributed by atoms with E-state index in [9.17, 15) is 14.0 Å². The van der Waals surface area contributed by atoms with Crippen LogP contribution in [0.3, 0.4) is 0 Å². The van der Waals surface area contributed by atoms with Crippen molar-refractivity contribution in [2.24, 2.45) is 5.41 Å². The number of anilines is 1. The largest absolute Gasteiger partial charge is 0.478 e. The molecule has 5 nitrogen and oxygen atoms in total. The average molecular weight is 294 g/mol. The molecule has 0 heterocycles. The normalized spacial score (nSPS) is 20.0. The lowest BCUT2D eigenvalue weighted by atomic mass is 9.87. The molecule has 2 amide bonds. The van der Waals surface area contributed by atoms with Gasteiger partial charge in [0.05, 0.1) is 11.3 Å². The molecule has 0 aromatic heterocycles. The Morgan fingerprint density at radius 1 is 1.38 bits per heavy atom. The van der Waals surface area contributed by atoms with Gasteiger partial charge in [0.2, 0.25) is 0 Å². The number of carboxylic acid groups (broad SMARTS) is 1. The Bertz CT molecular complexity index is 572. The summed E-state index contributed by atoms with van der Waals surface area (Å²) in [5.74, 6) is -1.84. The number of rotatable bonds is 3. The molecule has 1 fully saturated rings. The number of carbonyl (C=O) groups excluding carboxylic acids is 1. The summed E-state index contributed by atoms with van der Waals surface area (Å²) in [7, 11) is 0. The molecule has 1 aliphatic carbocycles. The third-order valence-corrected chi connectivity index (χ3v) is 4.02. The van der Waals surface area contributed by atoms with Crippen LogP contribution in [0.4, 0.5) is 14.9 Å². The number of carbonyl (C=O) groups is 2. The maximum atomic E-state index is 13.6. The molecule has 1 aromatic carbocycles. The highest BCUT2D eigenvalue weighted by molar-refractivity contribution is 5.93. The predicted molar refractivity (Wildman–Crippen MR) is 76.9 cm³/mol. The molecule has 6 heteroatoms. The second kappa shape index (κ2) is 5.71. The minimum Gasteiger partial charge on any atom is -0.478 e. The molecule has 21 heavy (non-hydrogen) atoms. The first-order valence-electron chi connectivity index (χ1n) is 6.90. The molecule has 114 valence electrons. The number of amides is 2. The molecule has 0 aliphatic heterocycles. The van der Waals surface area contributed by atoms with Crippen LogP contribution in [-0.4, -0.2) is 23.1 Å². The second-order valence-electron chi connectivity index (χ2n) is 6.03. The first kappa shape index (κ1) is 15.3. The first-order chi connectivity index (χ1) is 9.79. The van der Waals surface area contributed by atoms with Gasteiger partial charge < -0.3 is 15.7 Å². The van der Waals surface area contributed by atoms with E-state index < -0.39 is 17.8 Å². The molecule has 1 unspecified atom stereocenters. The van der Waals surface area contributed by atoms with Gasteiger partial charge in [-0.1, -0.05) is 20.3 Å². The van der Waals surface area contributed by atoms with Gasteiger partial charge in [-0.15, -0.1) is 0 Å². The fraction of sp³-hybridized carbons (Fsp3) is 0.467. The highest BCUT2D eigenvalue weighted by Crippen LogP contribution is 2.37. The van der Waals surface area contributed by atoms with Crippen molar-refractivity contribution in [3.8, 4) is 0 Å². The van der Waals surface area contributed by atoms with E-state index in [1.54, 1.807) is 0 Å². The van der Waals surface area contributed by atoms with Gasteiger partial charge in [-0.2, -0.15) is 0 Å². The van der Waals surface area contributed by atoms with Gasteiger partial charge in [0, 0.05) is 6.04 Å². The Hall–Kier alpha value is -2.11. The van der Waals surface area contributed by atoms with Crippen molar-refractivity contribution >= 4 is 17.7 Å². The Balaban J connectivity index is 2.06. The van der Waals surface area contributed by atoms with Gasteiger partial charge in [0.25, 0.3) is 0 Å². The summed E-state index contributed by atoms with van der Waals surface area (Å²) < 4.78 is 13.6. The quantitative estimate of drug-likeness (QED) is 0.801. The van der Waals surface area contributed by atoms with Crippen molar-refractivity contribution in [2.75, 3.05) is 5.32 Å². The van der Waals surface area contributed by atoms with Crippen LogP contribution >= 0.6 is 0 Å². The van der Waals surface area contributed by atoms with Crippen molar-refractivity contribution < 1.29 is 19.1 Å². The smallest absolute Gasteiger partial charge is 0.335 e. The van der Waals surface area contributed by atoms with Crippen molar-refractivity contribution in [3.05, 3.63) is 29.6 Å². The number of benzene rings is 1. The van der Waals surface area contributed by atoms with Crippen molar-refractivity contribution in [1.82, 2.24) is 5.32 Å². The molecule has 1 aliphatic rings. The number of hydrogen-bond donors (Lipinski definition) is 3. The standard InChI is InChI=1S/C15H19FN2O3/c1-15(2)7-3-4-12(15)18-14(21)17-11-8-9(13(19)20)5-6-10(11)16/h5-6,8,12H,3-4,7H2,1-2H3,(H,19,20)(H2,17,18,21). The minimum atomic E-state index is -1.17. The molecule has 0 radical (unpaired) electrons. The summed E-state index contributed by atoms with van der Waals surface area (Å²) >= 11 is 0. The lowest BCUT2D eigenvalue weighted by Gasteiger charge is -2.27. The van der Waals surface area contributed by atoms with Crippen molar-refractivity contribution in [1.29, 1.82) is 0 Å². The summed E-state index contributed by atoms with van der Waals surface area (Å²) in [6, 6.07) is 2.80. The number of halogens is 1. The zero-order chi connectivity index (χ0) is 15.6. The van der Waals surface area contributed by atoms with Gasteiger partial charge >= 0.3 is 12.0 Å².